The summed E-state index contributed by atoms with van der Waals surface area (Å²) in [6, 6.07) is 13.8. The second kappa shape index (κ2) is 9.08. The maximum absolute atomic E-state index is 15.3. The highest BCUT2D eigenvalue weighted by Crippen LogP contribution is 2.36. The first kappa shape index (κ1) is 22.8. The van der Waals surface area contributed by atoms with Gasteiger partial charge in [-0.1, -0.05) is 40.1 Å². The molecular formula is C19H22FNO7S2. The number of hydrogen-bond donors (Lipinski definition) is 0. The highest BCUT2D eigenvalue weighted by molar-refractivity contribution is 8.04. The first-order valence-electron chi connectivity index (χ1n) is 8.96. The normalized spacial score (nSPS) is 24.9. The number of hydrogen-bond acceptors (Lipinski definition) is 7. The summed E-state index contributed by atoms with van der Waals surface area (Å²) in [5.41, 5.74) is 0. The predicted octanol–water partition coefficient (Wildman–Crippen LogP) is 1.79. The number of nitrogens with zero attached hydrogens (tertiary/aromatic N) is 1. The lowest BCUT2D eigenvalue weighted by atomic mass is 10.1. The van der Waals surface area contributed by atoms with E-state index in [2.05, 4.69) is 0 Å². The van der Waals surface area contributed by atoms with Crippen LogP contribution in [0, 0.1) is 0 Å². The molecule has 1 aliphatic heterocycles. The van der Waals surface area contributed by atoms with Gasteiger partial charge in [0.1, 0.15) is 12.2 Å². The summed E-state index contributed by atoms with van der Waals surface area (Å²) in [6.45, 7) is -0.111. The van der Waals surface area contributed by atoms with Gasteiger partial charge in [0, 0.05) is 14.2 Å². The Morgan fingerprint density at radius 2 is 1.37 bits per heavy atom. The largest absolute Gasteiger partial charge is 0.382 e. The van der Waals surface area contributed by atoms with E-state index in [0.29, 0.717) is 0 Å². The fourth-order valence-corrected chi connectivity index (χ4v) is 7.09. The molecule has 1 fully saturated rings. The molecule has 164 valence electrons. The first-order valence-corrected chi connectivity index (χ1v) is 11.8. The Morgan fingerprint density at radius 1 is 0.900 bits per heavy atom. The third-order valence-electron chi connectivity index (χ3n) is 4.63. The van der Waals surface area contributed by atoms with Crippen molar-refractivity contribution in [2.45, 2.75) is 34.4 Å². The van der Waals surface area contributed by atoms with Crippen LogP contribution < -0.4 is 0 Å². The molecule has 0 amide bonds. The molecule has 30 heavy (non-hydrogen) atoms. The first-order chi connectivity index (χ1) is 14.2. The Morgan fingerprint density at radius 3 is 1.77 bits per heavy atom. The third kappa shape index (κ3) is 4.13. The van der Waals surface area contributed by atoms with Crippen LogP contribution in [0.15, 0.2) is 70.5 Å². The number of benzene rings is 2. The van der Waals surface area contributed by atoms with Crippen LogP contribution >= 0.6 is 0 Å². The van der Waals surface area contributed by atoms with E-state index < -0.39 is 44.7 Å². The van der Waals surface area contributed by atoms with Gasteiger partial charge in [-0.15, -0.1) is 0 Å². The summed E-state index contributed by atoms with van der Waals surface area (Å²) in [5, 5.41) is 0. The summed E-state index contributed by atoms with van der Waals surface area (Å²) in [6.07, 6.45) is -6.26. The smallest absolute Gasteiger partial charge is 0.258 e. The highest BCUT2D eigenvalue weighted by Gasteiger charge is 2.55. The molecular weight excluding hydrogens is 437 g/mol. The van der Waals surface area contributed by atoms with Crippen LogP contribution in [0.3, 0.4) is 0 Å². The van der Waals surface area contributed by atoms with Gasteiger partial charge < -0.3 is 14.2 Å². The molecule has 0 saturated carbocycles. The van der Waals surface area contributed by atoms with Gasteiger partial charge in [0.15, 0.2) is 12.4 Å². The van der Waals surface area contributed by atoms with Crippen LogP contribution in [-0.4, -0.2) is 66.0 Å². The van der Waals surface area contributed by atoms with Crippen molar-refractivity contribution in [1.82, 2.24) is 3.71 Å². The zero-order valence-corrected chi connectivity index (χ0v) is 17.9. The van der Waals surface area contributed by atoms with Crippen molar-refractivity contribution in [3.63, 3.8) is 0 Å². The zero-order chi connectivity index (χ0) is 21.9. The standard InChI is InChI=1S/C19H22FNO7S2/c1-26-13-16-18(27-2)17(20)19(28-16)21(29(22,23)14-9-5-3-6-10-14)30(24,25)15-11-7-4-8-12-15/h3-12,16-19H,13H2,1-2H3/t16-,17+,18?,19+/m1/s1. The number of halogens is 1. The quantitative estimate of drug-likeness (QED) is 0.593. The molecule has 0 bridgehead atoms. The minimum absolute atomic E-state index is 0.0943. The Labute approximate surface area is 175 Å². The van der Waals surface area contributed by atoms with E-state index in [-0.39, 0.29) is 20.1 Å². The molecule has 0 aliphatic carbocycles. The summed E-state index contributed by atoms with van der Waals surface area (Å²) in [7, 11) is -6.83. The topological polar surface area (TPSA) is 99.2 Å². The number of sulfonamides is 2. The predicted molar refractivity (Wildman–Crippen MR) is 105 cm³/mol. The minimum atomic E-state index is -4.71. The van der Waals surface area contributed by atoms with Gasteiger partial charge in [0.05, 0.1) is 16.4 Å². The van der Waals surface area contributed by atoms with E-state index in [1.54, 1.807) is 12.1 Å². The number of alkyl halides is 1. The summed E-state index contributed by atoms with van der Waals surface area (Å²) < 4.78 is 84.5. The van der Waals surface area contributed by atoms with E-state index in [0.717, 1.165) is 0 Å². The van der Waals surface area contributed by atoms with Crippen molar-refractivity contribution >= 4 is 20.0 Å². The second-order valence-corrected chi connectivity index (χ2v) is 10.4. The lowest BCUT2D eigenvalue weighted by molar-refractivity contribution is -0.0568. The van der Waals surface area contributed by atoms with E-state index >= 15 is 4.39 Å². The number of methoxy groups -OCH3 is 2. The van der Waals surface area contributed by atoms with E-state index in [4.69, 9.17) is 14.2 Å². The molecule has 4 atom stereocenters. The fourth-order valence-electron chi connectivity index (χ4n) is 3.24. The maximum Gasteiger partial charge on any atom is 0.258 e. The van der Waals surface area contributed by atoms with Crippen molar-refractivity contribution < 1.29 is 35.4 Å². The van der Waals surface area contributed by atoms with Crippen molar-refractivity contribution in [3.05, 3.63) is 60.7 Å². The summed E-state index contributed by atoms with van der Waals surface area (Å²) >= 11 is 0. The Balaban J connectivity index is 2.16. The molecule has 0 spiro atoms. The molecule has 1 saturated heterocycles. The molecule has 2 aromatic rings. The fraction of sp³-hybridized carbons (Fsp3) is 0.368. The van der Waals surface area contributed by atoms with Crippen LogP contribution in [0.25, 0.3) is 0 Å². The van der Waals surface area contributed by atoms with E-state index in [1.165, 1.54) is 62.8 Å². The van der Waals surface area contributed by atoms with E-state index in [1.807, 2.05) is 0 Å². The van der Waals surface area contributed by atoms with Crippen LogP contribution in [-0.2, 0) is 34.3 Å². The Kier molecular flexibility index (Phi) is 6.90. The van der Waals surface area contributed by atoms with Crippen LogP contribution in [0.5, 0.6) is 0 Å². The van der Waals surface area contributed by atoms with Gasteiger partial charge >= 0.3 is 0 Å². The monoisotopic (exact) mass is 459 g/mol. The third-order valence-corrected chi connectivity index (χ3v) is 8.91. The van der Waals surface area contributed by atoms with Gasteiger partial charge in [0.25, 0.3) is 20.0 Å². The maximum atomic E-state index is 15.3. The summed E-state index contributed by atoms with van der Waals surface area (Å²) in [5.74, 6) is 0. The van der Waals surface area contributed by atoms with Gasteiger partial charge in [-0.2, -0.15) is 0 Å². The highest BCUT2D eigenvalue weighted by atomic mass is 32.3. The Hall–Kier alpha value is -1.89. The molecule has 8 nitrogen and oxygen atoms in total. The van der Waals surface area contributed by atoms with Crippen molar-refractivity contribution in [1.29, 1.82) is 0 Å². The van der Waals surface area contributed by atoms with Crippen molar-refractivity contribution in [2.75, 3.05) is 20.8 Å². The molecule has 11 heteroatoms. The lowest BCUT2D eigenvalue weighted by Gasteiger charge is -2.28. The molecule has 0 aromatic heterocycles. The SMILES string of the molecule is COC[C@H]1O[C@H](N(S(=O)(=O)c2ccccc2)S(=O)(=O)c2ccccc2)[C@@H](F)C1OC. The van der Waals surface area contributed by atoms with Gasteiger partial charge in [-0.25, -0.2) is 21.2 Å². The average Bonchev–Trinajstić information content (AvgIpc) is 3.04. The number of ether oxygens (including phenoxy) is 3. The van der Waals surface area contributed by atoms with E-state index in [9.17, 15) is 16.8 Å². The van der Waals surface area contributed by atoms with Crippen molar-refractivity contribution in [2.24, 2.45) is 0 Å². The zero-order valence-electron chi connectivity index (χ0n) is 16.3. The minimum Gasteiger partial charge on any atom is -0.382 e. The van der Waals surface area contributed by atoms with Crippen molar-refractivity contribution in [3.8, 4) is 0 Å². The van der Waals surface area contributed by atoms with Crippen LogP contribution in [0.4, 0.5) is 4.39 Å². The molecule has 3 rings (SSSR count). The van der Waals surface area contributed by atoms with Gasteiger partial charge in [-0.3, -0.25) is 0 Å². The molecule has 2 aromatic carbocycles. The second-order valence-electron chi connectivity index (χ2n) is 6.53. The average molecular weight is 460 g/mol. The number of rotatable bonds is 8. The molecule has 1 aliphatic rings. The molecule has 1 unspecified atom stereocenters. The molecule has 0 radical (unpaired) electrons. The van der Waals surface area contributed by atoms with Crippen LogP contribution in [0.1, 0.15) is 0 Å². The van der Waals surface area contributed by atoms with Gasteiger partial charge in [0.2, 0.25) is 0 Å². The lowest BCUT2D eigenvalue weighted by Crippen LogP contribution is -2.49. The molecule has 0 N–H and O–H groups in total. The van der Waals surface area contributed by atoms with Gasteiger partial charge in [-0.05, 0) is 24.3 Å². The Bertz CT molecular complexity index is 979. The van der Waals surface area contributed by atoms with Crippen LogP contribution in [0.2, 0.25) is 0 Å². The molecule has 1 heterocycles. The summed E-state index contributed by atoms with van der Waals surface area (Å²) in [4.78, 5) is -0.631.